The van der Waals surface area contributed by atoms with Gasteiger partial charge in [0.2, 0.25) is 5.91 Å². The first-order valence-corrected chi connectivity index (χ1v) is 10.5. The van der Waals surface area contributed by atoms with Crippen LogP contribution in [0.4, 0.5) is 5.82 Å². The maximum Gasteiger partial charge on any atom is 0.217 e. The van der Waals surface area contributed by atoms with E-state index in [4.69, 9.17) is 0 Å². The van der Waals surface area contributed by atoms with Gasteiger partial charge in [0.05, 0.1) is 17.3 Å². The van der Waals surface area contributed by atoms with Crippen LogP contribution in [0.15, 0.2) is 53.7 Å². The van der Waals surface area contributed by atoms with Crippen LogP contribution in [0.25, 0.3) is 10.9 Å². The van der Waals surface area contributed by atoms with Crippen LogP contribution in [0.3, 0.4) is 0 Å². The van der Waals surface area contributed by atoms with E-state index in [0.717, 1.165) is 28.8 Å². The molecule has 1 aromatic heterocycles. The lowest BCUT2D eigenvalue weighted by Crippen LogP contribution is -2.23. The molecule has 0 fully saturated rings. The monoisotopic (exact) mass is 408 g/mol. The van der Waals surface area contributed by atoms with Crippen molar-refractivity contribution in [2.24, 2.45) is 0 Å². The highest BCUT2D eigenvalue weighted by atomic mass is 32.2. The number of hydrogen-bond acceptors (Lipinski definition) is 6. The van der Waals surface area contributed by atoms with Crippen LogP contribution in [0, 0.1) is 0 Å². The van der Waals surface area contributed by atoms with Gasteiger partial charge in [-0.05, 0) is 31.5 Å². The fraction of sp³-hybridized carbons (Fsp3) is 0.273. The highest BCUT2D eigenvalue weighted by Crippen LogP contribution is 2.25. The molecular weight excluding hydrogens is 384 g/mol. The number of Topliss-reactive ketones (excluding diaryl/α,β-unsaturated/α-hetero) is 1. The molecule has 2 N–H and O–H groups in total. The van der Waals surface area contributed by atoms with Gasteiger partial charge in [-0.3, -0.25) is 9.59 Å². The number of nitrogens with zero attached hydrogens (tertiary/aromatic N) is 2. The third-order valence-electron chi connectivity index (χ3n) is 4.41. The largest absolute Gasteiger partial charge is 0.370 e. The van der Waals surface area contributed by atoms with Crippen molar-refractivity contribution >= 4 is 40.2 Å². The Labute approximate surface area is 174 Å². The highest BCUT2D eigenvalue weighted by molar-refractivity contribution is 7.99. The molecule has 0 aliphatic rings. The number of benzene rings is 2. The number of ketones is 1. The summed E-state index contributed by atoms with van der Waals surface area (Å²) in [5.74, 6) is 0.964. The molecule has 1 atom stereocenters. The second-order valence-electron chi connectivity index (χ2n) is 6.66. The number of fused-ring (bicyclic) bond motifs is 1. The first-order valence-electron chi connectivity index (χ1n) is 9.51. The molecule has 1 heterocycles. The number of hydrogen-bond donors (Lipinski definition) is 2. The van der Waals surface area contributed by atoms with Crippen LogP contribution >= 0.6 is 11.8 Å². The zero-order valence-corrected chi connectivity index (χ0v) is 17.5. The SMILES string of the molecule is CCNc1nc(SCC(=O)c2ccc(C(C)NC(C)=O)cc2)nc2ccccc12. The fourth-order valence-corrected chi connectivity index (χ4v) is 3.73. The van der Waals surface area contributed by atoms with Gasteiger partial charge in [0.1, 0.15) is 5.82 Å². The first kappa shape index (κ1) is 20.8. The van der Waals surface area contributed by atoms with Crippen LogP contribution in [-0.4, -0.2) is 34.0 Å². The van der Waals surface area contributed by atoms with Crippen LogP contribution in [0.5, 0.6) is 0 Å². The Morgan fingerprint density at radius 3 is 2.48 bits per heavy atom. The van der Waals surface area contributed by atoms with Crippen molar-refractivity contribution in [3.05, 3.63) is 59.7 Å². The average molecular weight is 409 g/mol. The summed E-state index contributed by atoms with van der Waals surface area (Å²) in [5.41, 5.74) is 2.44. The van der Waals surface area contributed by atoms with Gasteiger partial charge in [-0.25, -0.2) is 9.97 Å². The summed E-state index contributed by atoms with van der Waals surface area (Å²) in [5, 5.41) is 7.63. The molecular formula is C22H24N4O2S. The standard InChI is InChI=1S/C22H24N4O2S/c1-4-23-21-18-7-5-6-8-19(18)25-22(26-21)29-13-20(28)17-11-9-16(10-12-17)14(2)24-15(3)27/h5-12,14H,4,13H2,1-3H3,(H,24,27)(H,23,25,26). The Kier molecular flexibility index (Phi) is 6.82. The molecule has 0 saturated heterocycles. The van der Waals surface area contributed by atoms with Gasteiger partial charge in [0, 0.05) is 24.4 Å². The Bertz CT molecular complexity index is 1020. The van der Waals surface area contributed by atoms with Crippen LogP contribution < -0.4 is 10.6 Å². The number of nitrogens with one attached hydrogen (secondary N) is 2. The smallest absolute Gasteiger partial charge is 0.217 e. The Balaban J connectivity index is 1.69. The van der Waals surface area contributed by atoms with Crippen molar-refractivity contribution in [3.63, 3.8) is 0 Å². The Morgan fingerprint density at radius 1 is 1.07 bits per heavy atom. The number of thioether (sulfide) groups is 1. The van der Waals surface area contributed by atoms with Crippen molar-refractivity contribution in [2.45, 2.75) is 32.0 Å². The van der Waals surface area contributed by atoms with Crippen molar-refractivity contribution in [2.75, 3.05) is 17.6 Å². The molecule has 0 aliphatic carbocycles. The summed E-state index contributed by atoms with van der Waals surface area (Å²) >= 11 is 1.33. The van der Waals surface area contributed by atoms with Crippen molar-refractivity contribution < 1.29 is 9.59 Å². The van der Waals surface area contributed by atoms with Gasteiger partial charge in [-0.2, -0.15) is 0 Å². The molecule has 0 radical (unpaired) electrons. The first-order chi connectivity index (χ1) is 14.0. The van der Waals surface area contributed by atoms with Gasteiger partial charge in [-0.15, -0.1) is 0 Å². The lowest BCUT2D eigenvalue weighted by atomic mass is 10.0. The van der Waals surface area contributed by atoms with Crippen LogP contribution in [0.2, 0.25) is 0 Å². The molecule has 0 bridgehead atoms. The van der Waals surface area contributed by atoms with E-state index in [1.54, 1.807) is 12.1 Å². The van der Waals surface area contributed by atoms with E-state index in [-0.39, 0.29) is 23.5 Å². The maximum atomic E-state index is 12.6. The minimum atomic E-state index is -0.0958. The van der Waals surface area contributed by atoms with Crippen molar-refractivity contribution in [3.8, 4) is 0 Å². The highest BCUT2D eigenvalue weighted by Gasteiger charge is 2.12. The summed E-state index contributed by atoms with van der Waals surface area (Å²) in [7, 11) is 0. The van der Waals surface area contributed by atoms with E-state index in [1.807, 2.05) is 50.2 Å². The van der Waals surface area contributed by atoms with Gasteiger partial charge in [0.25, 0.3) is 0 Å². The predicted molar refractivity (Wildman–Crippen MR) is 117 cm³/mol. The molecule has 3 aromatic rings. The van der Waals surface area contributed by atoms with Crippen LogP contribution in [-0.2, 0) is 4.79 Å². The van der Waals surface area contributed by atoms with E-state index in [1.165, 1.54) is 18.7 Å². The second kappa shape index (κ2) is 9.52. The number of carbonyl (C=O) groups is 2. The second-order valence-corrected chi connectivity index (χ2v) is 7.60. The molecule has 6 nitrogen and oxygen atoms in total. The fourth-order valence-electron chi connectivity index (χ4n) is 2.98. The lowest BCUT2D eigenvalue weighted by molar-refractivity contribution is -0.119. The van der Waals surface area contributed by atoms with E-state index in [9.17, 15) is 9.59 Å². The third kappa shape index (κ3) is 5.32. The van der Waals surface area contributed by atoms with E-state index < -0.39 is 0 Å². The van der Waals surface area contributed by atoms with Gasteiger partial charge >= 0.3 is 0 Å². The number of para-hydroxylation sites is 1. The predicted octanol–water partition coefficient (Wildman–Crippen LogP) is 4.23. The van der Waals surface area contributed by atoms with E-state index in [0.29, 0.717) is 10.7 Å². The zero-order chi connectivity index (χ0) is 20.8. The number of rotatable bonds is 8. The quantitative estimate of drug-likeness (QED) is 0.330. The van der Waals surface area contributed by atoms with E-state index >= 15 is 0 Å². The van der Waals surface area contributed by atoms with Gasteiger partial charge in [-0.1, -0.05) is 48.2 Å². The summed E-state index contributed by atoms with van der Waals surface area (Å²) in [6.45, 7) is 6.17. The Hall–Kier alpha value is -2.93. The molecule has 7 heteroatoms. The molecule has 29 heavy (non-hydrogen) atoms. The summed E-state index contributed by atoms with van der Waals surface area (Å²) in [6.07, 6.45) is 0. The summed E-state index contributed by atoms with van der Waals surface area (Å²) in [6, 6.07) is 15.1. The summed E-state index contributed by atoms with van der Waals surface area (Å²) in [4.78, 5) is 32.9. The normalized spacial score (nSPS) is 11.8. The average Bonchev–Trinajstić information content (AvgIpc) is 2.72. The van der Waals surface area contributed by atoms with E-state index in [2.05, 4.69) is 20.6 Å². The van der Waals surface area contributed by atoms with Gasteiger partial charge < -0.3 is 10.6 Å². The number of carbonyl (C=O) groups excluding carboxylic acids is 2. The zero-order valence-electron chi connectivity index (χ0n) is 16.7. The molecule has 150 valence electrons. The number of anilines is 1. The molecule has 0 spiro atoms. The minimum Gasteiger partial charge on any atom is -0.370 e. The van der Waals surface area contributed by atoms with Crippen molar-refractivity contribution in [1.82, 2.24) is 15.3 Å². The lowest BCUT2D eigenvalue weighted by Gasteiger charge is -2.13. The van der Waals surface area contributed by atoms with Crippen molar-refractivity contribution in [1.29, 1.82) is 0 Å². The molecule has 3 rings (SSSR count). The van der Waals surface area contributed by atoms with Gasteiger partial charge in [0.15, 0.2) is 10.9 Å². The minimum absolute atomic E-state index is 0.00971. The molecule has 1 unspecified atom stereocenters. The third-order valence-corrected chi connectivity index (χ3v) is 5.26. The topological polar surface area (TPSA) is 84.0 Å². The summed E-state index contributed by atoms with van der Waals surface area (Å²) < 4.78 is 0. The maximum absolute atomic E-state index is 12.6. The molecule has 0 aliphatic heterocycles. The van der Waals surface area contributed by atoms with Crippen LogP contribution in [0.1, 0.15) is 42.7 Å². The molecule has 0 saturated carbocycles. The molecule has 1 amide bonds. The molecule has 2 aromatic carbocycles. The number of aromatic nitrogens is 2. The Morgan fingerprint density at radius 2 is 1.79 bits per heavy atom. The number of amides is 1.